The van der Waals surface area contributed by atoms with Gasteiger partial charge in [0.25, 0.3) is 5.89 Å². The van der Waals surface area contributed by atoms with E-state index >= 15 is 0 Å². The molecule has 1 aromatic heterocycles. The van der Waals surface area contributed by atoms with Crippen molar-refractivity contribution in [3.63, 3.8) is 0 Å². The zero-order chi connectivity index (χ0) is 13.8. The Hall–Kier alpha value is -1.92. The lowest BCUT2D eigenvalue weighted by Crippen LogP contribution is -2.18. The van der Waals surface area contributed by atoms with Crippen LogP contribution in [0.25, 0.3) is 0 Å². The summed E-state index contributed by atoms with van der Waals surface area (Å²) in [4.78, 5) is 4.31. The number of ether oxygens (including phenoxy) is 2. The molecule has 1 aliphatic rings. The summed E-state index contributed by atoms with van der Waals surface area (Å²) in [6, 6.07) is 9.52. The van der Waals surface area contributed by atoms with Crippen LogP contribution in [0.2, 0.25) is 0 Å². The molecule has 2 aromatic rings. The zero-order valence-electron chi connectivity index (χ0n) is 11.1. The fourth-order valence-electron chi connectivity index (χ4n) is 2.18. The number of nitrogens with two attached hydrogens (primary N) is 1. The van der Waals surface area contributed by atoms with Gasteiger partial charge in [-0.2, -0.15) is 4.98 Å². The summed E-state index contributed by atoms with van der Waals surface area (Å²) in [6.45, 7) is 0.801. The number of hydrogen-bond acceptors (Lipinski definition) is 6. The van der Waals surface area contributed by atoms with Crippen molar-refractivity contribution in [1.82, 2.24) is 10.1 Å². The van der Waals surface area contributed by atoms with Gasteiger partial charge < -0.3 is 19.7 Å². The summed E-state index contributed by atoms with van der Waals surface area (Å²) in [7, 11) is 0. The summed E-state index contributed by atoms with van der Waals surface area (Å²) >= 11 is 0. The van der Waals surface area contributed by atoms with E-state index in [1.807, 2.05) is 30.3 Å². The first-order valence-corrected chi connectivity index (χ1v) is 6.71. The Morgan fingerprint density at radius 2 is 2.10 bits per heavy atom. The average molecular weight is 275 g/mol. The molecule has 1 fully saturated rings. The number of para-hydroxylation sites is 1. The van der Waals surface area contributed by atoms with Crippen LogP contribution in [-0.4, -0.2) is 22.8 Å². The molecule has 0 amide bonds. The van der Waals surface area contributed by atoms with Crippen molar-refractivity contribution < 1.29 is 14.0 Å². The number of aromatic nitrogens is 2. The molecule has 6 heteroatoms. The summed E-state index contributed by atoms with van der Waals surface area (Å²) in [6.07, 6.45) is 1.75. The lowest BCUT2D eigenvalue weighted by atomic mass is 10.2. The Morgan fingerprint density at radius 1 is 1.25 bits per heavy atom. The van der Waals surface area contributed by atoms with Crippen LogP contribution in [0.3, 0.4) is 0 Å². The molecule has 6 nitrogen and oxygen atoms in total. The third-order valence-electron chi connectivity index (χ3n) is 3.24. The van der Waals surface area contributed by atoms with Crippen LogP contribution in [-0.2, 0) is 11.3 Å². The van der Waals surface area contributed by atoms with Gasteiger partial charge in [0.15, 0.2) is 6.61 Å². The van der Waals surface area contributed by atoms with Crippen molar-refractivity contribution in [2.75, 3.05) is 6.54 Å². The minimum Gasteiger partial charge on any atom is -0.485 e. The smallest absolute Gasteiger partial charge is 0.255 e. The maximum absolute atomic E-state index is 5.71. The second-order valence-electron chi connectivity index (χ2n) is 4.71. The molecular formula is C14H17N3O3. The quantitative estimate of drug-likeness (QED) is 0.896. The maximum atomic E-state index is 5.71. The second-order valence-corrected chi connectivity index (χ2v) is 4.71. The molecular weight excluding hydrogens is 258 g/mol. The van der Waals surface area contributed by atoms with Crippen LogP contribution in [0.4, 0.5) is 0 Å². The Kier molecular flexibility index (Phi) is 3.94. The Balaban J connectivity index is 1.57. The van der Waals surface area contributed by atoms with Gasteiger partial charge in [0, 0.05) is 6.54 Å². The molecule has 0 radical (unpaired) electrons. The van der Waals surface area contributed by atoms with E-state index < -0.39 is 0 Å². The number of benzene rings is 1. The maximum Gasteiger partial charge on any atom is 0.255 e. The molecule has 0 bridgehead atoms. The molecule has 106 valence electrons. The van der Waals surface area contributed by atoms with Gasteiger partial charge in [0.05, 0.1) is 6.10 Å². The van der Waals surface area contributed by atoms with E-state index in [1.54, 1.807) is 0 Å². The summed E-state index contributed by atoms with van der Waals surface area (Å²) in [5, 5.41) is 3.90. The van der Waals surface area contributed by atoms with Crippen molar-refractivity contribution in [2.45, 2.75) is 31.7 Å². The molecule has 2 atom stereocenters. The van der Waals surface area contributed by atoms with Crippen LogP contribution in [0, 0.1) is 0 Å². The highest BCUT2D eigenvalue weighted by molar-refractivity contribution is 5.20. The lowest BCUT2D eigenvalue weighted by Gasteiger charge is -2.07. The highest BCUT2D eigenvalue weighted by Gasteiger charge is 2.29. The topological polar surface area (TPSA) is 83.4 Å². The van der Waals surface area contributed by atoms with Gasteiger partial charge in [-0.25, -0.2) is 0 Å². The molecule has 3 rings (SSSR count). The van der Waals surface area contributed by atoms with E-state index in [1.165, 1.54) is 0 Å². The molecule has 0 aliphatic carbocycles. The van der Waals surface area contributed by atoms with Crippen LogP contribution in [0.5, 0.6) is 5.75 Å². The van der Waals surface area contributed by atoms with Crippen LogP contribution >= 0.6 is 0 Å². The molecule has 1 aliphatic heterocycles. The van der Waals surface area contributed by atoms with Crippen molar-refractivity contribution in [2.24, 2.45) is 5.73 Å². The first-order chi connectivity index (χ1) is 9.85. The predicted octanol–water partition coefficient (Wildman–Crippen LogP) is 1.83. The second kappa shape index (κ2) is 6.02. The predicted molar refractivity (Wildman–Crippen MR) is 71.0 cm³/mol. The largest absolute Gasteiger partial charge is 0.485 e. The van der Waals surface area contributed by atoms with Crippen LogP contribution in [0.1, 0.15) is 30.7 Å². The van der Waals surface area contributed by atoms with Gasteiger partial charge >= 0.3 is 0 Å². The standard InChI is InChI=1S/C14H17N3O3/c15-8-11-6-7-12(19-11)14-16-13(17-20-14)9-18-10-4-2-1-3-5-10/h1-5,11-12H,6-9,15H2/t11-,12+/m0/s1. The zero-order valence-corrected chi connectivity index (χ0v) is 11.1. The molecule has 1 aromatic carbocycles. The highest BCUT2D eigenvalue weighted by atomic mass is 16.5. The molecule has 0 saturated carbocycles. The minimum absolute atomic E-state index is 0.0934. The molecule has 2 heterocycles. The summed E-state index contributed by atoms with van der Waals surface area (Å²) < 4.78 is 16.5. The Labute approximate surface area is 116 Å². The third-order valence-corrected chi connectivity index (χ3v) is 3.24. The van der Waals surface area contributed by atoms with Gasteiger partial charge in [-0.3, -0.25) is 0 Å². The normalized spacial score (nSPS) is 22.1. The Morgan fingerprint density at radius 3 is 2.85 bits per heavy atom. The first-order valence-electron chi connectivity index (χ1n) is 6.71. The van der Waals surface area contributed by atoms with Crippen molar-refractivity contribution >= 4 is 0 Å². The van der Waals surface area contributed by atoms with Crippen LogP contribution < -0.4 is 10.5 Å². The third kappa shape index (κ3) is 2.97. The van der Waals surface area contributed by atoms with Gasteiger partial charge in [-0.05, 0) is 25.0 Å². The molecule has 0 spiro atoms. The van der Waals surface area contributed by atoms with Gasteiger partial charge in [0.1, 0.15) is 11.9 Å². The highest BCUT2D eigenvalue weighted by Crippen LogP contribution is 2.31. The SMILES string of the molecule is NC[C@@H]1CC[C@H](c2nc(COc3ccccc3)no2)O1. The van der Waals surface area contributed by atoms with Crippen LogP contribution in [0.15, 0.2) is 34.9 Å². The Bertz CT molecular complexity index is 544. The number of hydrogen-bond donors (Lipinski definition) is 1. The van der Waals surface area contributed by atoms with Crippen molar-refractivity contribution in [1.29, 1.82) is 0 Å². The monoisotopic (exact) mass is 275 g/mol. The van der Waals surface area contributed by atoms with Gasteiger partial charge in [-0.1, -0.05) is 23.4 Å². The van der Waals surface area contributed by atoms with E-state index in [0.717, 1.165) is 18.6 Å². The van der Waals surface area contributed by atoms with E-state index in [4.69, 9.17) is 19.7 Å². The first kappa shape index (κ1) is 13.1. The molecule has 2 N–H and O–H groups in total. The van der Waals surface area contributed by atoms with E-state index in [0.29, 0.717) is 18.3 Å². The van der Waals surface area contributed by atoms with E-state index in [2.05, 4.69) is 10.1 Å². The van der Waals surface area contributed by atoms with Gasteiger partial charge in [-0.15, -0.1) is 0 Å². The minimum atomic E-state index is -0.137. The fraction of sp³-hybridized carbons (Fsp3) is 0.429. The van der Waals surface area contributed by atoms with E-state index in [9.17, 15) is 0 Å². The lowest BCUT2D eigenvalue weighted by molar-refractivity contribution is 0.0307. The van der Waals surface area contributed by atoms with E-state index in [-0.39, 0.29) is 18.8 Å². The summed E-state index contributed by atoms with van der Waals surface area (Å²) in [5.41, 5.74) is 5.58. The summed E-state index contributed by atoms with van der Waals surface area (Å²) in [5.74, 6) is 1.80. The molecule has 20 heavy (non-hydrogen) atoms. The number of nitrogens with zero attached hydrogens (tertiary/aromatic N) is 2. The average Bonchev–Trinajstić information content (AvgIpc) is 3.15. The molecule has 1 saturated heterocycles. The van der Waals surface area contributed by atoms with Gasteiger partial charge in [0.2, 0.25) is 5.82 Å². The van der Waals surface area contributed by atoms with Crippen molar-refractivity contribution in [3.8, 4) is 5.75 Å². The number of rotatable bonds is 5. The molecule has 0 unspecified atom stereocenters. The fourth-order valence-corrected chi connectivity index (χ4v) is 2.18. The van der Waals surface area contributed by atoms with Crippen molar-refractivity contribution in [3.05, 3.63) is 42.0 Å².